The van der Waals surface area contributed by atoms with Crippen LogP contribution in [0.3, 0.4) is 0 Å². The second kappa shape index (κ2) is 8.66. The third kappa shape index (κ3) is 6.49. The van der Waals surface area contributed by atoms with E-state index in [-0.39, 0.29) is 42.3 Å². The molecule has 0 bridgehead atoms. The maximum absolute atomic E-state index is 12.0. The summed E-state index contributed by atoms with van der Waals surface area (Å²) in [5.74, 6) is -1.14. The predicted octanol–water partition coefficient (Wildman–Crippen LogP) is 0.740. The Morgan fingerprint density at radius 3 is 2.17 bits per heavy atom. The average molecular weight is 361 g/mol. The number of carboxylic acid groups (broad SMARTS) is 1. The number of benzene rings is 2. The van der Waals surface area contributed by atoms with Crippen LogP contribution >= 0.6 is 11.6 Å². The van der Waals surface area contributed by atoms with Crippen LogP contribution in [0, 0.1) is 0 Å². The molecule has 0 aliphatic rings. The zero-order chi connectivity index (χ0) is 16.2. The Balaban J connectivity index is 0.00000264. The minimum Gasteiger partial charge on any atom is -1.00 e. The fourth-order valence-corrected chi connectivity index (χ4v) is 3.02. The third-order valence-corrected chi connectivity index (χ3v) is 4.45. The fraction of sp³-hybridized carbons (Fsp3) is 0.0625. The molecule has 2 aromatic rings. The van der Waals surface area contributed by atoms with Crippen LogP contribution in [0.15, 0.2) is 53.9 Å². The molecule has 0 saturated heterocycles. The Bertz CT molecular complexity index is 803. The van der Waals surface area contributed by atoms with Crippen LogP contribution in [0.5, 0.6) is 0 Å². The minimum atomic E-state index is -3.41. The number of carboxylic acids is 1. The number of rotatable bonds is 5. The van der Waals surface area contributed by atoms with Crippen molar-refractivity contribution in [3.05, 3.63) is 75.7 Å². The maximum atomic E-state index is 12.0. The molecular weight excluding hydrogens is 347 g/mol. The van der Waals surface area contributed by atoms with Crippen LogP contribution in [0.25, 0.3) is 6.08 Å². The molecule has 1 N–H and O–H groups in total. The average Bonchev–Trinajstić information content (AvgIpc) is 2.48. The molecule has 0 spiro atoms. The molecule has 23 heavy (non-hydrogen) atoms. The molecule has 2 aromatic carbocycles. The van der Waals surface area contributed by atoms with Crippen LogP contribution in [0.1, 0.15) is 22.9 Å². The number of carbonyl (C=O) groups is 1. The Labute approximate surface area is 163 Å². The van der Waals surface area contributed by atoms with Crippen molar-refractivity contribution in [2.75, 3.05) is 0 Å². The Morgan fingerprint density at radius 2 is 1.65 bits per heavy atom. The van der Waals surface area contributed by atoms with E-state index in [2.05, 4.69) is 0 Å². The van der Waals surface area contributed by atoms with Crippen molar-refractivity contribution in [1.29, 1.82) is 0 Å². The van der Waals surface area contributed by atoms with Gasteiger partial charge in [-0.15, -0.1) is 0 Å². The van der Waals surface area contributed by atoms with Crippen LogP contribution in [-0.2, 0) is 15.6 Å². The van der Waals surface area contributed by atoms with Crippen molar-refractivity contribution in [2.45, 2.75) is 5.75 Å². The van der Waals surface area contributed by atoms with Gasteiger partial charge >= 0.3 is 35.5 Å². The van der Waals surface area contributed by atoms with Crippen LogP contribution in [0.4, 0.5) is 0 Å². The SMILES string of the molecule is O=C(O)c1ccc(C=CS(=O)(=O)Cc2ccc(Cl)cc2)cc1.[H-].[Na+]. The summed E-state index contributed by atoms with van der Waals surface area (Å²) < 4.78 is 24.0. The van der Waals surface area contributed by atoms with Gasteiger partial charge in [0, 0.05) is 10.4 Å². The third-order valence-electron chi connectivity index (χ3n) is 2.91. The van der Waals surface area contributed by atoms with Gasteiger partial charge in [0.25, 0.3) is 0 Å². The molecule has 2 rings (SSSR count). The van der Waals surface area contributed by atoms with Gasteiger partial charge in [-0.05, 0) is 41.5 Å². The largest absolute Gasteiger partial charge is 1.00 e. The molecule has 0 atom stereocenters. The topological polar surface area (TPSA) is 71.4 Å². The number of aromatic carboxylic acids is 1. The fourth-order valence-electron chi connectivity index (χ4n) is 1.78. The van der Waals surface area contributed by atoms with Crippen molar-refractivity contribution >= 4 is 33.5 Å². The maximum Gasteiger partial charge on any atom is 1.00 e. The second-order valence-electron chi connectivity index (χ2n) is 4.66. The summed E-state index contributed by atoms with van der Waals surface area (Å²) in [6.07, 6.45) is 1.44. The Hall–Kier alpha value is -1.11. The first kappa shape index (κ1) is 19.9. The number of halogens is 1. The molecule has 0 fully saturated rings. The molecule has 7 heteroatoms. The molecule has 0 heterocycles. The van der Waals surface area contributed by atoms with Gasteiger partial charge < -0.3 is 6.53 Å². The Morgan fingerprint density at radius 1 is 1.09 bits per heavy atom. The molecule has 0 unspecified atom stereocenters. The van der Waals surface area contributed by atoms with E-state index in [9.17, 15) is 13.2 Å². The number of sulfone groups is 1. The first-order valence-corrected chi connectivity index (χ1v) is 8.44. The molecule has 0 aliphatic heterocycles. The molecule has 0 amide bonds. The van der Waals surface area contributed by atoms with Crippen molar-refractivity contribution in [3.8, 4) is 0 Å². The monoisotopic (exact) mass is 360 g/mol. The van der Waals surface area contributed by atoms with Crippen LogP contribution in [0.2, 0.25) is 5.02 Å². The summed E-state index contributed by atoms with van der Waals surface area (Å²) in [6.45, 7) is 0. The van der Waals surface area contributed by atoms with Gasteiger partial charge in [0.05, 0.1) is 11.3 Å². The van der Waals surface area contributed by atoms with E-state index in [1.807, 2.05) is 0 Å². The smallest absolute Gasteiger partial charge is 1.00 e. The standard InChI is InChI=1S/C16H13ClO4S.Na.H/c17-15-7-3-13(4-8-15)11-22(20,21)10-9-12-1-5-14(6-2-12)16(18)19;;/h1-10H,11H2,(H,18,19);;/q;+1;-1. The van der Waals surface area contributed by atoms with E-state index in [4.69, 9.17) is 16.7 Å². The van der Waals surface area contributed by atoms with E-state index in [1.54, 1.807) is 36.4 Å². The van der Waals surface area contributed by atoms with Crippen molar-refractivity contribution < 1.29 is 49.3 Å². The van der Waals surface area contributed by atoms with Gasteiger partial charge in [-0.25, -0.2) is 13.2 Å². The van der Waals surface area contributed by atoms with Gasteiger partial charge in [0.1, 0.15) is 0 Å². The van der Waals surface area contributed by atoms with E-state index in [1.165, 1.54) is 18.2 Å². The van der Waals surface area contributed by atoms with Gasteiger partial charge in [-0.2, -0.15) is 0 Å². The summed E-state index contributed by atoms with van der Waals surface area (Å²) in [7, 11) is -3.41. The van der Waals surface area contributed by atoms with Crippen molar-refractivity contribution in [2.24, 2.45) is 0 Å². The summed E-state index contributed by atoms with van der Waals surface area (Å²) in [6, 6.07) is 12.6. The summed E-state index contributed by atoms with van der Waals surface area (Å²) in [5, 5.41) is 10.5. The summed E-state index contributed by atoms with van der Waals surface area (Å²) in [4.78, 5) is 10.7. The number of hydrogen-bond donors (Lipinski definition) is 1. The Kier molecular flexibility index (Phi) is 7.51. The summed E-state index contributed by atoms with van der Waals surface area (Å²) >= 11 is 5.75. The van der Waals surface area contributed by atoms with E-state index < -0.39 is 15.8 Å². The van der Waals surface area contributed by atoms with Gasteiger partial charge in [0.15, 0.2) is 9.84 Å². The van der Waals surface area contributed by atoms with Gasteiger partial charge in [-0.1, -0.05) is 35.9 Å². The molecule has 116 valence electrons. The first-order valence-electron chi connectivity index (χ1n) is 6.34. The van der Waals surface area contributed by atoms with Crippen molar-refractivity contribution in [3.63, 3.8) is 0 Å². The molecule has 0 radical (unpaired) electrons. The van der Waals surface area contributed by atoms with Gasteiger partial charge in [-0.3, -0.25) is 0 Å². The zero-order valence-electron chi connectivity index (χ0n) is 13.4. The van der Waals surface area contributed by atoms with Crippen molar-refractivity contribution in [1.82, 2.24) is 0 Å². The normalized spacial score (nSPS) is 11.2. The van der Waals surface area contributed by atoms with Gasteiger partial charge in [0.2, 0.25) is 0 Å². The molecular formula is C16H14ClNaO4S. The summed E-state index contributed by atoms with van der Waals surface area (Å²) in [5.41, 5.74) is 1.42. The quantitative estimate of drug-likeness (QED) is 0.798. The van der Waals surface area contributed by atoms with E-state index in [0.717, 1.165) is 5.41 Å². The molecule has 0 aromatic heterocycles. The number of hydrogen-bond acceptors (Lipinski definition) is 3. The second-order valence-corrected chi connectivity index (χ2v) is 6.99. The molecule has 4 nitrogen and oxygen atoms in total. The zero-order valence-corrected chi connectivity index (χ0v) is 16.0. The minimum absolute atomic E-state index is 0. The van der Waals surface area contributed by atoms with Crippen LogP contribution in [-0.4, -0.2) is 19.5 Å². The van der Waals surface area contributed by atoms with E-state index >= 15 is 0 Å². The first-order chi connectivity index (χ1) is 10.4. The van der Waals surface area contributed by atoms with E-state index in [0.29, 0.717) is 16.1 Å². The van der Waals surface area contributed by atoms with Crippen LogP contribution < -0.4 is 29.6 Å². The predicted molar refractivity (Wildman–Crippen MR) is 87.6 cm³/mol. The molecule has 0 saturated carbocycles. The molecule has 0 aliphatic carbocycles.